The average molecular weight is 486 g/mol. The molecule has 8 nitrogen and oxygen atoms in total. The van der Waals surface area contributed by atoms with E-state index in [4.69, 9.17) is 11.6 Å². The summed E-state index contributed by atoms with van der Waals surface area (Å²) in [5.41, 5.74) is 2.83. The highest BCUT2D eigenvalue weighted by molar-refractivity contribution is 6.36. The number of imidazole rings is 1. The smallest absolute Gasteiger partial charge is 0.231 e. The molecule has 11 heteroatoms. The topological polar surface area (TPSA) is 81.6 Å². The van der Waals surface area contributed by atoms with Gasteiger partial charge in [0.15, 0.2) is 11.6 Å². The molecule has 2 N–H and O–H groups in total. The zero-order valence-corrected chi connectivity index (χ0v) is 19.1. The highest BCUT2D eigenvalue weighted by atomic mass is 35.5. The average Bonchev–Trinajstić information content (AvgIpc) is 3.18. The Labute approximate surface area is 198 Å². The maximum absolute atomic E-state index is 15.7. The van der Waals surface area contributed by atoms with E-state index in [1.165, 1.54) is 0 Å². The van der Waals surface area contributed by atoms with E-state index in [2.05, 4.69) is 25.4 Å². The van der Waals surface area contributed by atoms with E-state index in [1.807, 2.05) is 11.9 Å². The number of pyridine rings is 1. The van der Waals surface area contributed by atoms with Crippen LogP contribution in [0, 0.1) is 11.7 Å². The summed E-state index contributed by atoms with van der Waals surface area (Å²) >= 11 is 6.63. The number of piperazine rings is 1. The van der Waals surface area contributed by atoms with E-state index in [1.54, 1.807) is 35.1 Å². The van der Waals surface area contributed by atoms with Gasteiger partial charge < -0.3 is 19.5 Å². The molecular weight excluding hydrogens is 464 g/mol. The molecule has 4 heterocycles. The van der Waals surface area contributed by atoms with Gasteiger partial charge in [-0.25, -0.2) is 13.8 Å². The first-order valence-electron chi connectivity index (χ1n) is 11.1. The first-order chi connectivity index (χ1) is 16.4. The number of hydrogen-bond acceptors (Lipinski definition) is 5. The van der Waals surface area contributed by atoms with Crippen LogP contribution in [0.3, 0.4) is 0 Å². The number of rotatable bonds is 4. The van der Waals surface area contributed by atoms with E-state index in [-0.39, 0.29) is 17.4 Å². The standard InChI is InChI=1S/C23H22ClF2N7O/c1-31-4-6-32(7-5-31)22-20(26)19(24)18(14-9-27-30-21(14)22)12-2-3-17-28-16(11-33(17)10-12)29-23(34)13-8-15(13)25/h2-3,9-11,13,15H,4-8H2,1H3,(H,27,30)(H,29,34)/t13-,15+/m1/s1. The molecule has 0 radical (unpaired) electrons. The number of anilines is 2. The van der Waals surface area contributed by atoms with Crippen LogP contribution in [0.25, 0.3) is 27.7 Å². The van der Waals surface area contributed by atoms with Crippen molar-refractivity contribution in [1.82, 2.24) is 24.5 Å². The lowest BCUT2D eigenvalue weighted by Crippen LogP contribution is -2.45. The Morgan fingerprint density at radius 2 is 2.00 bits per heavy atom. The number of alkyl halides is 1. The molecule has 3 aromatic heterocycles. The number of nitrogens with zero attached hydrogens (tertiary/aromatic N) is 5. The molecule has 34 heavy (non-hydrogen) atoms. The Bertz CT molecular complexity index is 1430. The zero-order valence-electron chi connectivity index (χ0n) is 18.4. The summed E-state index contributed by atoms with van der Waals surface area (Å²) in [7, 11) is 2.04. The van der Waals surface area contributed by atoms with Crippen molar-refractivity contribution >= 4 is 45.6 Å². The number of benzene rings is 1. The Kier molecular flexibility index (Phi) is 4.96. The summed E-state index contributed by atoms with van der Waals surface area (Å²) in [5, 5.41) is 10.5. The van der Waals surface area contributed by atoms with Crippen LogP contribution in [0.15, 0.2) is 30.7 Å². The second kappa shape index (κ2) is 7.92. The van der Waals surface area contributed by atoms with Gasteiger partial charge in [-0.1, -0.05) is 11.6 Å². The van der Waals surface area contributed by atoms with E-state index in [9.17, 15) is 9.18 Å². The first-order valence-corrected chi connectivity index (χ1v) is 11.5. The van der Waals surface area contributed by atoms with Gasteiger partial charge in [-0.15, -0.1) is 0 Å². The number of aromatic nitrogens is 4. The van der Waals surface area contributed by atoms with Gasteiger partial charge in [0.1, 0.15) is 17.5 Å². The number of nitrogens with one attached hydrogen (secondary N) is 2. The van der Waals surface area contributed by atoms with E-state index in [0.29, 0.717) is 46.9 Å². The molecule has 2 atom stereocenters. The highest BCUT2D eigenvalue weighted by Crippen LogP contribution is 2.43. The summed E-state index contributed by atoms with van der Waals surface area (Å²) < 4.78 is 30.6. The fourth-order valence-electron chi connectivity index (χ4n) is 4.56. The van der Waals surface area contributed by atoms with E-state index in [0.717, 1.165) is 18.5 Å². The van der Waals surface area contributed by atoms with Crippen LogP contribution in [-0.4, -0.2) is 69.8 Å². The van der Waals surface area contributed by atoms with Crippen LogP contribution in [0.4, 0.5) is 20.3 Å². The molecule has 1 aliphatic carbocycles. The van der Waals surface area contributed by atoms with Gasteiger partial charge >= 0.3 is 0 Å². The van der Waals surface area contributed by atoms with Crippen LogP contribution in [0.5, 0.6) is 0 Å². The lowest BCUT2D eigenvalue weighted by molar-refractivity contribution is -0.117. The van der Waals surface area contributed by atoms with Crippen LogP contribution < -0.4 is 10.2 Å². The van der Waals surface area contributed by atoms with E-state index < -0.39 is 17.9 Å². The Balaban J connectivity index is 1.39. The Morgan fingerprint density at radius 3 is 2.74 bits per heavy atom. The third-order valence-corrected chi connectivity index (χ3v) is 6.98. The number of halogens is 3. The minimum atomic E-state index is -1.08. The van der Waals surface area contributed by atoms with Crippen molar-refractivity contribution in [3.8, 4) is 11.1 Å². The molecule has 2 fully saturated rings. The molecule has 1 saturated carbocycles. The van der Waals surface area contributed by atoms with Crippen molar-refractivity contribution in [3.63, 3.8) is 0 Å². The molecule has 176 valence electrons. The Hall–Kier alpha value is -3.24. The molecule has 1 aliphatic heterocycles. The molecule has 6 rings (SSSR count). The van der Waals surface area contributed by atoms with Crippen LogP contribution in [0.2, 0.25) is 5.02 Å². The molecule has 1 amide bonds. The van der Waals surface area contributed by atoms with Crippen molar-refractivity contribution in [3.05, 3.63) is 41.6 Å². The lowest BCUT2D eigenvalue weighted by atomic mass is 10.0. The van der Waals surface area contributed by atoms with Crippen molar-refractivity contribution in [2.45, 2.75) is 12.6 Å². The molecule has 4 aromatic rings. The summed E-state index contributed by atoms with van der Waals surface area (Å²) in [6.45, 7) is 3.04. The van der Waals surface area contributed by atoms with Crippen molar-refractivity contribution in [2.75, 3.05) is 43.4 Å². The number of aromatic amines is 1. The molecule has 1 aromatic carbocycles. The largest absolute Gasteiger partial charge is 0.365 e. The quantitative estimate of drug-likeness (QED) is 0.460. The minimum Gasteiger partial charge on any atom is -0.365 e. The first kappa shape index (κ1) is 21.3. The number of fused-ring (bicyclic) bond motifs is 2. The molecule has 0 unspecified atom stereocenters. The molecule has 0 spiro atoms. The molecule has 0 bridgehead atoms. The number of hydrogen-bond donors (Lipinski definition) is 2. The summed E-state index contributed by atoms with van der Waals surface area (Å²) in [6.07, 6.45) is 4.24. The van der Waals surface area contributed by atoms with Gasteiger partial charge in [0, 0.05) is 48.9 Å². The van der Waals surface area contributed by atoms with Crippen molar-refractivity contribution < 1.29 is 13.6 Å². The van der Waals surface area contributed by atoms with Gasteiger partial charge in [0.2, 0.25) is 5.91 Å². The monoisotopic (exact) mass is 485 g/mol. The second-order valence-corrected chi connectivity index (χ2v) is 9.34. The molecule has 1 saturated heterocycles. The maximum atomic E-state index is 15.7. The summed E-state index contributed by atoms with van der Waals surface area (Å²) in [4.78, 5) is 20.6. The SMILES string of the molecule is CN1CCN(c2c(F)c(Cl)c(-c3ccc4nc(NC(=O)[C@@H]5C[C@@H]5F)cn4c3)c3cn[nH]c23)CC1. The predicted octanol–water partition coefficient (Wildman–Crippen LogP) is 3.72. The minimum absolute atomic E-state index is 0.0264. The summed E-state index contributed by atoms with van der Waals surface area (Å²) in [5.74, 6) is -1.13. The molecular formula is C23H22ClF2N7O. The molecule has 2 aliphatic rings. The highest BCUT2D eigenvalue weighted by Gasteiger charge is 2.43. The fourth-order valence-corrected chi connectivity index (χ4v) is 4.86. The summed E-state index contributed by atoms with van der Waals surface area (Å²) in [6, 6.07) is 3.56. The van der Waals surface area contributed by atoms with Gasteiger partial charge in [-0.2, -0.15) is 5.10 Å². The van der Waals surface area contributed by atoms with Crippen LogP contribution >= 0.6 is 11.6 Å². The van der Waals surface area contributed by atoms with Crippen LogP contribution in [0.1, 0.15) is 6.42 Å². The van der Waals surface area contributed by atoms with Gasteiger partial charge in [0.25, 0.3) is 0 Å². The number of carbonyl (C=O) groups excluding carboxylic acids is 1. The second-order valence-electron chi connectivity index (χ2n) is 8.96. The van der Waals surface area contributed by atoms with Gasteiger partial charge in [0.05, 0.1) is 28.9 Å². The van der Waals surface area contributed by atoms with Gasteiger partial charge in [-0.05, 0) is 25.6 Å². The third kappa shape index (κ3) is 3.48. The zero-order chi connectivity index (χ0) is 23.6. The maximum Gasteiger partial charge on any atom is 0.231 e. The Morgan fingerprint density at radius 1 is 1.24 bits per heavy atom. The lowest BCUT2D eigenvalue weighted by Gasteiger charge is -2.34. The number of carbonyl (C=O) groups is 1. The van der Waals surface area contributed by atoms with Crippen LogP contribution in [-0.2, 0) is 4.79 Å². The fraction of sp³-hybridized carbons (Fsp3) is 0.348. The van der Waals surface area contributed by atoms with E-state index >= 15 is 4.39 Å². The number of likely N-dealkylation sites (N-methyl/N-ethyl adjacent to an activating group) is 1. The third-order valence-electron chi connectivity index (χ3n) is 6.63. The number of amides is 1. The van der Waals surface area contributed by atoms with Gasteiger partial charge in [-0.3, -0.25) is 9.89 Å². The predicted molar refractivity (Wildman–Crippen MR) is 127 cm³/mol. The normalized spacial score (nSPS) is 20.9. The number of H-pyrrole nitrogens is 1. The van der Waals surface area contributed by atoms with Crippen molar-refractivity contribution in [2.24, 2.45) is 5.92 Å². The van der Waals surface area contributed by atoms with Crippen molar-refractivity contribution in [1.29, 1.82) is 0 Å².